The molecule has 25 heavy (non-hydrogen) atoms. The lowest BCUT2D eigenvalue weighted by Crippen LogP contribution is -2.55. The second-order valence-electron chi connectivity index (χ2n) is 9.05. The Bertz CT molecular complexity index is 790. The fourth-order valence-electron chi connectivity index (χ4n) is 6.39. The number of hydrogen-bond acceptors (Lipinski definition) is 4. The Morgan fingerprint density at radius 2 is 1.60 bits per heavy atom. The second kappa shape index (κ2) is 5.09. The number of hydrogen-bond donors (Lipinski definition) is 1. The number of anilines is 2. The van der Waals surface area contributed by atoms with Crippen molar-refractivity contribution in [1.29, 1.82) is 0 Å². The molecule has 0 amide bonds. The van der Waals surface area contributed by atoms with Crippen molar-refractivity contribution >= 4 is 22.7 Å². The zero-order valence-corrected chi connectivity index (χ0v) is 14.7. The Labute approximate surface area is 149 Å². The molecule has 5 aliphatic rings. The average molecular weight is 334 g/mol. The van der Waals surface area contributed by atoms with Crippen LogP contribution in [-0.2, 0) is 0 Å². The number of nitrogens with zero attached hydrogens (tertiary/aromatic N) is 3. The number of fused-ring (bicyclic) bond motifs is 1. The van der Waals surface area contributed by atoms with Gasteiger partial charge in [-0.25, -0.2) is 4.98 Å². The molecule has 2 heterocycles. The molecule has 7 rings (SSSR count). The Kier molecular flexibility index (Phi) is 2.92. The minimum atomic E-state index is 0.267. The van der Waals surface area contributed by atoms with Crippen LogP contribution >= 0.6 is 0 Å². The monoisotopic (exact) mass is 334 g/mol. The molecule has 130 valence electrons. The first kappa shape index (κ1) is 14.3. The number of rotatable bonds is 3. The van der Waals surface area contributed by atoms with Gasteiger partial charge in [-0.15, -0.1) is 0 Å². The van der Waals surface area contributed by atoms with Crippen LogP contribution in [0.4, 0.5) is 11.8 Å². The maximum atomic E-state index is 5.00. The molecule has 1 aromatic heterocycles. The van der Waals surface area contributed by atoms with Gasteiger partial charge < -0.3 is 10.2 Å². The summed E-state index contributed by atoms with van der Waals surface area (Å²) in [7, 11) is 0. The van der Waals surface area contributed by atoms with Gasteiger partial charge in [-0.1, -0.05) is 12.1 Å². The third kappa shape index (κ3) is 2.26. The predicted molar refractivity (Wildman–Crippen MR) is 101 cm³/mol. The summed E-state index contributed by atoms with van der Waals surface area (Å²) in [5, 5.41) is 5.07. The van der Waals surface area contributed by atoms with Crippen LogP contribution in [0.25, 0.3) is 10.9 Å². The molecule has 4 heteroatoms. The third-order valence-corrected chi connectivity index (χ3v) is 7.15. The van der Waals surface area contributed by atoms with E-state index in [-0.39, 0.29) is 5.54 Å². The van der Waals surface area contributed by atoms with Gasteiger partial charge in [0.05, 0.1) is 5.52 Å². The van der Waals surface area contributed by atoms with E-state index in [2.05, 4.69) is 34.5 Å². The molecule has 2 aromatic rings. The highest BCUT2D eigenvalue weighted by Gasteiger charge is 2.51. The van der Waals surface area contributed by atoms with Crippen LogP contribution in [0.1, 0.15) is 44.9 Å². The maximum absolute atomic E-state index is 5.00. The van der Waals surface area contributed by atoms with E-state index in [0.717, 1.165) is 48.1 Å². The summed E-state index contributed by atoms with van der Waals surface area (Å²) in [6.07, 6.45) is 9.67. The minimum Gasteiger partial charge on any atom is -0.356 e. The normalized spacial score (nSPS) is 35.8. The smallest absolute Gasteiger partial charge is 0.225 e. The van der Waals surface area contributed by atoms with Crippen molar-refractivity contribution in [3.05, 3.63) is 24.3 Å². The van der Waals surface area contributed by atoms with Gasteiger partial charge in [-0.3, -0.25) is 0 Å². The number of aromatic nitrogens is 2. The molecule has 5 fully saturated rings. The molecule has 1 saturated heterocycles. The maximum Gasteiger partial charge on any atom is 0.225 e. The molecule has 0 atom stereocenters. The highest BCUT2D eigenvalue weighted by molar-refractivity contribution is 5.90. The van der Waals surface area contributed by atoms with Crippen LogP contribution < -0.4 is 10.2 Å². The molecular weight excluding hydrogens is 308 g/mol. The highest BCUT2D eigenvalue weighted by Crippen LogP contribution is 2.56. The molecule has 1 N–H and O–H groups in total. The summed E-state index contributed by atoms with van der Waals surface area (Å²) in [6.45, 7) is 2.25. The van der Waals surface area contributed by atoms with E-state index >= 15 is 0 Å². The number of benzene rings is 1. The first-order valence-electron chi connectivity index (χ1n) is 10.1. The summed E-state index contributed by atoms with van der Waals surface area (Å²) in [5.41, 5.74) is 1.34. The molecule has 0 unspecified atom stereocenters. The van der Waals surface area contributed by atoms with Gasteiger partial charge >= 0.3 is 0 Å². The molecular formula is C21H26N4. The summed E-state index contributed by atoms with van der Waals surface area (Å²) in [4.78, 5) is 12.3. The fraction of sp³-hybridized carbons (Fsp3) is 0.619. The fourth-order valence-corrected chi connectivity index (χ4v) is 6.39. The largest absolute Gasteiger partial charge is 0.356 e. The van der Waals surface area contributed by atoms with Crippen LogP contribution in [0.3, 0.4) is 0 Å². The van der Waals surface area contributed by atoms with Gasteiger partial charge in [0.1, 0.15) is 5.82 Å². The summed E-state index contributed by atoms with van der Waals surface area (Å²) < 4.78 is 0. The van der Waals surface area contributed by atoms with Crippen molar-refractivity contribution in [2.45, 2.75) is 50.5 Å². The zero-order valence-electron chi connectivity index (χ0n) is 14.7. The van der Waals surface area contributed by atoms with Crippen molar-refractivity contribution in [2.24, 2.45) is 17.8 Å². The average Bonchev–Trinajstić information content (AvgIpc) is 2.51. The summed E-state index contributed by atoms with van der Waals surface area (Å²) >= 11 is 0. The Hall–Kier alpha value is -1.84. The molecule has 4 saturated carbocycles. The van der Waals surface area contributed by atoms with Crippen molar-refractivity contribution in [3.63, 3.8) is 0 Å². The predicted octanol–water partition coefficient (Wildman–Crippen LogP) is 4.22. The van der Waals surface area contributed by atoms with Gasteiger partial charge in [-0.2, -0.15) is 4.98 Å². The van der Waals surface area contributed by atoms with Gasteiger partial charge in [0, 0.05) is 24.0 Å². The van der Waals surface area contributed by atoms with E-state index in [1.54, 1.807) is 0 Å². The van der Waals surface area contributed by atoms with Crippen LogP contribution in [0.15, 0.2) is 24.3 Å². The molecule has 4 bridgehead atoms. The van der Waals surface area contributed by atoms with Crippen LogP contribution in [-0.4, -0.2) is 28.6 Å². The van der Waals surface area contributed by atoms with Crippen LogP contribution in [0.2, 0.25) is 0 Å². The minimum absolute atomic E-state index is 0.267. The summed E-state index contributed by atoms with van der Waals surface area (Å²) in [6, 6.07) is 8.48. The Balaban J connectivity index is 1.39. The number of nitrogens with one attached hydrogen (secondary N) is 1. The summed E-state index contributed by atoms with van der Waals surface area (Å²) in [5.74, 6) is 4.81. The first-order chi connectivity index (χ1) is 12.3. The van der Waals surface area contributed by atoms with Gasteiger partial charge in [0.15, 0.2) is 0 Å². The Morgan fingerprint density at radius 3 is 2.24 bits per heavy atom. The Morgan fingerprint density at radius 1 is 0.920 bits per heavy atom. The highest BCUT2D eigenvalue weighted by atomic mass is 15.3. The quantitative estimate of drug-likeness (QED) is 0.912. The lowest BCUT2D eigenvalue weighted by Gasteiger charge is -2.56. The van der Waals surface area contributed by atoms with E-state index in [1.807, 2.05) is 0 Å². The van der Waals surface area contributed by atoms with Crippen LogP contribution in [0.5, 0.6) is 0 Å². The third-order valence-electron chi connectivity index (χ3n) is 7.15. The van der Waals surface area contributed by atoms with E-state index in [9.17, 15) is 0 Å². The molecule has 4 nitrogen and oxygen atoms in total. The first-order valence-corrected chi connectivity index (χ1v) is 10.1. The van der Waals surface area contributed by atoms with E-state index < -0.39 is 0 Å². The van der Waals surface area contributed by atoms with Crippen molar-refractivity contribution in [1.82, 2.24) is 9.97 Å². The van der Waals surface area contributed by atoms with E-state index in [4.69, 9.17) is 9.97 Å². The second-order valence-corrected chi connectivity index (χ2v) is 9.05. The van der Waals surface area contributed by atoms with E-state index in [1.165, 1.54) is 50.3 Å². The number of para-hydroxylation sites is 1. The zero-order chi connectivity index (χ0) is 16.4. The molecule has 0 radical (unpaired) electrons. The van der Waals surface area contributed by atoms with Gasteiger partial charge in [0.2, 0.25) is 5.95 Å². The SMILES string of the molecule is c1ccc2c(N3CCC3)nc(NC34CC5CC(CC(C5)C3)C4)nc2c1. The lowest BCUT2D eigenvalue weighted by atomic mass is 9.53. The molecule has 4 aliphatic carbocycles. The van der Waals surface area contributed by atoms with Gasteiger partial charge in [-0.05, 0) is 74.8 Å². The van der Waals surface area contributed by atoms with Crippen LogP contribution in [0, 0.1) is 17.8 Å². The van der Waals surface area contributed by atoms with E-state index in [0.29, 0.717) is 0 Å². The van der Waals surface area contributed by atoms with Crippen molar-refractivity contribution in [3.8, 4) is 0 Å². The topological polar surface area (TPSA) is 41.1 Å². The lowest BCUT2D eigenvalue weighted by molar-refractivity contribution is 0.0104. The molecule has 1 aromatic carbocycles. The van der Waals surface area contributed by atoms with Crippen molar-refractivity contribution in [2.75, 3.05) is 23.3 Å². The van der Waals surface area contributed by atoms with Gasteiger partial charge in [0.25, 0.3) is 0 Å². The van der Waals surface area contributed by atoms with Crippen molar-refractivity contribution < 1.29 is 0 Å². The molecule has 0 spiro atoms. The molecule has 1 aliphatic heterocycles. The standard InChI is InChI=1S/C21H26N4/c1-2-5-18-17(4-1)19(25-6-3-7-25)23-20(22-18)24-21-11-14-8-15(12-21)10-16(9-14)13-21/h1-2,4-5,14-16H,3,6-13H2,(H,22,23,24).